The summed E-state index contributed by atoms with van der Waals surface area (Å²) >= 11 is 1.74. The second-order valence-electron chi connectivity index (χ2n) is 5.27. The highest BCUT2D eigenvalue weighted by Crippen LogP contribution is 2.22. The number of aliphatic hydroxyl groups is 1. The van der Waals surface area contributed by atoms with E-state index in [1.807, 2.05) is 18.2 Å². The van der Waals surface area contributed by atoms with Crippen LogP contribution in [0.4, 0.5) is 0 Å². The van der Waals surface area contributed by atoms with Gasteiger partial charge in [-0.2, -0.15) is 0 Å². The Morgan fingerprint density at radius 3 is 2.62 bits per heavy atom. The monoisotopic (exact) mass is 297 g/mol. The van der Waals surface area contributed by atoms with Crippen LogP contribution < -0.4 is 5.32 Å². The topological polar surface area (TPSA) is 32.3 Å². The van der Waals surface area contributed by atoms with Crippen LogP contribution >= 0.6 is 11.3 Å². The Morgan fingerprint density at radius 2 is 1.86 bits per heavy atom. The van der Waals surface area contributed by atoms with Gasteiger partial charge in [-0.15, -0.1) is 11.3 Å². The molecule has 2 nitrogen and oxygen atoms in total. The molecule has 108 valence electrons. The predicted octanol–water partition coefficient (Wildman–Crippen LogP) is 4.29. The lowest BCUT2D eigenvalue weighted by Crippen LogP contribution is -2.24. The van der Waals surface area contributed by atoms with Gasteiger partial charge in [-0.05, 0) is 40.8 Å². The molecule has 0 fully saturated rings. The summed E-state index contributed by atoms with van der Waals surface area (Å²) in [6, 6.07) is 18.8. The maximum absolute atomic E-state index is 10.4. The molecule has 1 unspecified atom stereocenters. The zero-order chi connectivity index (χ0) is 14.7. The maximum Gasteiger partial charge on any atom is 0.0914 e. The molecule has 21 heavy (non-hydrogen) atoms. The number of aliphatic hydroxyl groups excluding tert-OH is 1. The van der Waals surface area contributed by atoms with Crippen molar-refractivity contribution in [2.24, 2.45) is 0 Å². The van der Waals surface area contributed by atoms with Crippen molar-refractivity contribution < 1.29 is 5.11 Å². The van der Waals surface area contributed by atoms with E-state index in [0.717, 1.165) is 5.56 Å². The summed E-state index contributed by atoms with van der Waals surface area (Å²) in [5.74, 6) is 0. The molecule has 3 aromatic rings. The van der Waals surface area contributed by atoms with Crippen molar-refractivity contribution in [1.29, 1.82) is 0 Å². The lowest BCUT2D eigenvalue weighted by molar-refractivity contribution is 0.171. The van der Waals surface area contributed by atoms with E-state index in [2.05, 4.69) is 54.0 Å². The summed E-state index contributed by atoms with van der Waals surface area (Å²) in [6.45, 7) is 2.68. The number of hydrogen-bond donors (Lipinski definition) is 2. The third-order valence-electron chi connectivity index (χ3n) is 3.75. The summed E-state index contributed by atoms with van der Waals surface area (Å²) in [4.78, 5) is 1.29. The first kappa shape index (κ1) is 14.3. The van der Waals surface area contributed by atoms with Crippen LogP contribution in [0.2, 0.25) is 0 Å². The molecule has 1 heterocycles. The fourth-order valence-electron chi connectivity index (χ4n) is 2.46. The molecule has 0 spiro atoms. The highest BCUT2D eigenvalue weighted by atomic mass is 32.1. The first-order valence-corrected chi connectivity index (χ1v) is 8.05. The molecular weight excluding hydrogens is 278 g/mol. The summed E-state index contributed by atoms with van der Waals surface area (Å²) < 4.78 is 0. The minimum absolute atomic E-state index is 0.264. The molecule has 3 heteroatoms. The first-order valence-electron chi connectivity index (χ1n) is 7.17. The van der Waals surface area contributed by atoms with Gasteiger partial charge in [0.25, 0.3) is 0 Å². The maximum atomic E-state index is 10.4. The number of benzene rings is 2. The summed E-state index contributed by atoms with van der Waals surface area (Å²) in [5, 5.41) is 18.2. The van der Waals surface area contributed by atoms with Crippen LogP contribution in [0.25, 0.3) is 10.8 Å². The van der Waals surface area contributed by atoms with Crippen LogP contribution in [0.15, 0.2) is 60.0 Å². The largest absolute Gasteiger partial charge is 0.387 e. The molecule has 0 radical (unpaired) electrons. The van der Waals surface area contributed by atoms with E-state index in [9.17, 15) is 5.11 Å². The molecule has 2 N–H and O–H groups in total. The second-order valence-corrected chi connectivity index (χ2v) is 6.25. The molecule has 0 amide bonds. The minimum atomic E-state index is -0.489. The quantitative estimate of drug-likeness (QED) is 0.736. The molecule has 0 aliphatic heterocycles. The molecule has 2 aromatic carbocycles. The Balaban J connectivity index is 1.67. The zero-order valence-electron chi connectivity index (χ0n) is 12.0. The van der Waals surface area contributed by atoms with Crippen LogP contribution in [0, 0.1) is 0 Å². The number of rotatable bonds is 5. The van der Waals surface area contributed by atoms with Crippen molar-refractivity contribution in [2.75, 3.05) is 6.54 Å². The van der Waals surface area contributed by atoms with E-state index >= 15 is 0 Å². The lowest BCUT2D eigenvalue weighted by atomic mass is 10.0. The van der Waals surface area contributed by atoms with Gasteiger partial charge in [-0.3, -0.25) is 0 Å². The van der Waals surface area contributed by atoms with Crippen LogP contribution in [0.5, 0.6) is 0 Å². The first-order chi connectivity index (χ1) is 10.2. The van der Waals surface area contributed by atoms with Crippen molar-refractivity contribution in [3.63, 3.8) is 0 Å². The molecule has 1 aromatic heterocycles. The highest BCUT2D eigenvalue weighted by Gasteiger charge is 2.11. The number of nitrogens with one attached hydrogen (secondary N) is 1. The van der Waals surface area contributed by atoms with Crippen LogP contribution in [-0.4, -0.2) is 11.7 Å². The van der Waals surface area contributed by atoms with Gasteiger partial charge in [0.15, 0.2) is 0 Å². The van der Waals surface area contributed by atoms with Gasteiger partial charge in [-0.25, -0.2) is 0 Å². The van der Waals surface area contributed by atoms with Crippen molar-refractivity contribution in [1.82, 2.24) is 5.32 Å². The molecule has 0 bridgehead atoms. The summed E-state index contributed by atoms with van der Waals surface area (Å²) in [7, 11) is 0. The molecule has 0 aliphatic carbocycles. The van der Waals surface area contributed by atoms with E-state index in [4.69, 9.17) is 0 Å². The Kier molecular flexibility index (Phi) is 4.34. The van der Waals surface area contributed by atoms with E-state index < -0.39 is 6.10 Å². The fraction of sp³-hybridized carbons (Fsp3) is 0.222. The number of thiophene rings is 1. The van der Waals surface area contributed by atoms with Gasteiger partial charge in [0.2, 0.25) is 0 Å². The van der Waals surface area contributed by atoms with Crippen LogP contribution in [0.1, 0.15) is 29.5 Å². The van der Waals surface area contributed by atoms with E-state index in [0.29, 0.717) is 6.54 Å². The zero-order valence-corrected chi connectivity index (χ0v) is 12.8. The van der Waals surface area contributed by atoms with Gasteiger partial charge in [-0.1, -0.05) is 42.5 Å². The number of fused-ring (bicyclic) bond motifs is 1. The minimum Gasteiger partial charge on any atom is -0.387 e. The summed E-state index contributed by atoms with van der Waals surface area (Å²) in [6.07, 6.45) is -0.489. The van der Waals surface area contributed by atoms with Gasteiger partial charge >= 0.3 is 0 Å². The second kappa shape index (κ2) is 6.39. The van der Waals surface area contributed by atoms with Gasteiger partial charge in [0.1, 0.15) is 0 Å². The van der Waals surface area contributed by atoms with Crippen molar-refractivity contribution in [3.05, 3.63) is 70.4 Å². The average molecular weight is 297 g/mol. The third kappa shape index (κ3) is 3.32. The smallest absolute Gasteiger partial charge is 0.0914 e. The fourth-order valence-corrected chi connectivity index (χ4v) is 3.22. The third-order valence-corrected chi connectivity index (χ3v) is 4.80. The van der Waals surface area contributed by atoms with E-state index in [-0.39, 0.29) is 6.04 Å². The molecule has 0 saturated heterocycles. The van der Waals surface area contributed by atoms with Crippen LogP contribution in [-0.2, 0) is 0 Å². The molecule has 2 atom stereocenters. The molecular formula is C18H19NOS. The van der Waals surface area contributed by atoms with Crippen molar-refractivity contribution >= 4 is 22.1 Å². The SMILES string of the molecule is C[C@H](NCC(O)c1ccc2ccccc2c1)c1cccs1. The average Bonchev–Trinajstić information content (AvgIpc) is 3.06. The highest BCUT2D eigenvalue weighted by molar-refractivity contribution is 7.10. The molecule has 0 aliphatic rings. The molecule has 3 rings (SSSR count). The Bertz CT molecular complexity index is 708. The summed E-state index contributed by atoms with van der Waals surface area (Å²) in [5.41, 5.74) is 0.958. The normalized spacial score (nSPS) is 14.2. The van der Waals surface area contributed by atoms with E-state index in [1.54, 1.807) is 11.3 Å². The lowest BCUT2D eigenvalue weighted by Gasteiger charge is -2.17. The molecule has 0 saturated carbocycles. The Hall–Kier alpha value is -1.68. The van der Waals surface area contributed by atoms with Gasteiger partial charge < -0.3 is 10.4 Å². The number of hydrogen-bond acceptors (Lipinski definition) is 3. The predicted molar refractivity (Wildman–Crippen MR) is 89.6 cm³/mol. The van der Waals surface area contributed by atoms with Gasteiger partial charge in [0.05, 0.1) is 6.10 Å². The Labute approximate surface area is 129 Å². The van der Waals surface area contributed by atoms with Crippen LogP contribution in [0.3, 0.4) is 0 Å². The van der Waals surface area contributed by atoms with Gasteiger partial charge in [0, 0.05) is 17.5 Å². The standard InChI is InChI=1S/C18H19NOS/c1-13(18-7-4-10-21-18)19-12-17(20)16-9-8-14-5-2-3-6-15(14)11-16/h2-11,13,17,19-20H,12H2,1H3/t13-,17?/m0/s1. The Morgan fingerprint density at radius 1 is 1.05 bits per heavy atom. The van der Waals surface area contributed by atoms with Crippen molar-refractivity contribution in [3.8, 4) is 0 Å². The van der Waals surface area contributed by atoms with Crippen molar-refractivity contribution in [2.45, 2.75) is 19.1 Å². The van der Waals surface area contributed by atoms with E-state index in [1.165, 1.54) is 15.6 Å².